The molecule has 1 aromatic heterocycles. The monoisotopic (exact) mass is 365 g/mol. The maximum absolute atomic E-state index is 12.7. The third-order valence-electron chi connectivity index (χ3n) is 6.34. The van der Waals surface area contributed by atoms with Gasteiger partial charge >= 0.3 is 0 Å². The van der Waals surface area contributed by atoms with E-state index in [1.54, 1.807) is 0 Å². The molecule has 4 nitrogen and oxygen atoms in total. The number of rotatable bonds is 6. The molecule has 1 aromatic carbocycles. The molecule has 1 atom stereocenters. The van der Waals surface area contributed by atoms with Gasteiger partial charge in [0.1, 0.15) is 5.82 Å². The molecule has 1 unspecified atom stereocenters. The number of imidazole rings is 1. The van der Waals surface area contributed by atoms with Crippen molar-refractivity contribution in [3.63, 3.8) is 0 Å². The molecule has 2 aromatic rings. The third-order valence-corrected chi connectivity index (χ3v) is 6.34. The van der Waals surface area contributed by atoms with Gasteiger partial charge in [0.2, 0.25) is 5.91 Å². The minimum absolute atomic E-state index is 0.310. The minimum atomic E-state index is 0.310. The Morgan fingerprint density at radius 2 is 1.96 bits per heavy atom. The Kier molecular flexibility index (Phi) is 5.61. The molecule has 2 fully saturated rings. The van der Waals surface area contributed by atoms with Crippen molar-refractivity contribution in [3.05, 3.63) is 53.6 Å². The highest BCUT2D eigenvalue weighted by molar-refractivity contribution is 5.76. The van der Waals surface area contributed by atoms with Crippen molar-refractivity contribution < 1.29 is 4.79 Å². The van der Waals surface area contributed by atoms with Gasteiger partial charge in [0.15, 0.2) is 0 Å². The van der Waals surface area contributed by atoms with E-state index in [1.807, 2.05) is 24.4 Å². The zero-order valence-electron chi connectivity index (χ0n) is 16.4. The van der Waals surface area contributed by atoms with E-state index >= 15 is 0 Å². The van der Waals surface area contributed by atoms with Crippen molar-refractivity contribution >= 4 is 5.91 Å². The first-order chi connectivity index (χ1) is 13.2. The maximum atomic E-state index is 12.7. The lowest BCUT2D eigenvalue weighted by Gasteiger charge is -2.34. The van der Waals surface area contributed by atoms with Gasteiger partial charge in [0, 0.05) is 43.9 Å². The molecule has 0 bridgehead atoms. The Hall–Kier alpha value is -2.10. The molecule has 2 heterocycles. The van der Waals surface area contributed by atoms with Crippen LogP contribution in [0.5, 0.6) is 0 Å². The standard InChI is InChI=1S/C23H31N3O/c1-18-15-24-23(21-10-5-11-21)26(18)17-20-9-6-14-25(16-20)22(27)13-12-19-7-3-2-4-8-19/h2-4,7-8,15,20-21H,5-6,9-14,16-17H2,1H3. The van der Waals surface area contributed by atoms with Gasteiger partial charge in [-0.15, -0.1) is 0 Å². The summed E-state index contributed by atoms with van der Waals surface area (Å²) in [5, 5.41) is 0. The fraction of sp³-hybridized carbons (Fsp3) is 0.565. The second-order valence-corrected chi connectivity index (χ2v) is 8.33. The van der Waals surface area contributed by atoms with Gasteiger partial charge in [-0.3, -0.25) is 4.79 Å². The van der Waals surface area contributed by atoms with Crippen LogP contribution >= 0.6 is 0 Å². The van der Waals surface area contributed by atoms with Crippen molar-refractivity contribution in [1.29, 1.82) is 0 Å². The lowest BCUT2D eigenvalue weighted by molar-refractivity contribution is -0.133. The number of hydrogen-bond acceptors (Lipinski definition) is 2. The summed E-state index contributed by atoms with van der Waals surface area (Å²) in [4.78, 5) is 19.5. The predicted molar refractivity (Wildman–Crippen MR) is 108 cm³/mol. The third kappa shape index (κ3) is 4.26. The van der Waals surface area contributed by atoms with E-state index in [0.717, 1.165) is 32.5 Å². The molecule has 1 saturated heterocycles. The number of carbonyl (C=O) groups excluding carboxylic acids is 1. The molecule has 1 aliphatic heterocycles. The molecule has 0 N–H and O–H groups in total. The van der Waals surface area contributed by atoms with Crippen LogP contribution in [0.15, 0.2) is 36.5 Å². The van der Waals surface area contributed by atoms with Crippen molar-refractivity contribution in [2.75, 3.05) is 13.1 Å². The van der Waals surface area contributed by atoms with E-state index in [0.29, 0.717) is 24.2 Å². The molecule has 144 valence electrons. The van der Waals surface area contributed by atoms with Crippen LogP contribution in [0.1, 0.15) is 61.5 Å². The molecule has 4 rings (SSSR count). The molecule has 1 saturated carbocycles. The highest BCUT2D eigenvalue weighted by atomic mass is 16.2. The summed E-state index contributed by atoms with van der Waals surface area (Å²) in [7, 11) is 0. The van der Waals surface area contributed by atoms with Crippen LogP contribution in [-0.2, 0) is 17.8 Å². The number of amides is 1. The maximum Gasteiger partial charge on any atom is 0.222 e. The number of piperidine rings is 1. The van der Waals surface area contributed by atoms with Crippen LogP contribution in [-0.4, -0.2) is 33.4 Å². The number of likely N-dealkylation sites (tertiary alicyclic amines) is 1. The van der Waals surface area contributed by atoms with Crippen LogP contribution < -0.4 is 0 Å². The average molecular weight is 366 g/mol. The van der Waals surface area contributed by atoms with Gasteiger partial charge < -0.3 is 9.47 Å². The molecular formula is C23H31N3O. The highest BCUT2D eigenvalue weighted by Gasteiger charge is 2.28. The van der Waals surface area contributed by atoms with E-state index in [4.69, 9.17) is 4.98 Å². The van der Waals surface area contributed by atoms with Crippen LogP contribution in [0.25, 0.3) is 0 Å². The SMILES string of the molecule is Cc1cnc(C2CCC2)n1CC1CCCN(C(=O)CCc2ccccc2)C1. The van der Waals surface area contributed by atoms with Crippen LogP contribution in [0.3, 0.4) is 0 Å². The largest absolute Gasteiger partial charge is 0.342 e. The fourth-order valence-electron chi connectivity index (χ4n) is 4.46. The van der Waals surface area contributed by atoms with E-state index in [1.165, 1.54) is 42.8 Å². The van der Waals surface area contributed by atoms with E-state index in [-0.39, 0.29) is 0 Å². The van der Waals surface area contributed by atoms with Crippen molar-refractivity contribution in [2.45, 2.75) is 64.3 Å². The Bertz CT molecular complexity index is 763. The Balaban J connectivity index is 1.34. The van der Waals surface area contributed by atoms with Gasteiger partial charge in [-0.2, -0.15) is 0 Å². The first-order valence-corrected chi connectivity index (χ1v) is 10.5. The number of carbonyl (C=O) groups is 1. The van der Waals surface area contributed by atoms with Gasteiger partial charge in [0.25, 0.3) is 0 Å². The molecule has 2 aliphatic rings. The smallest absolute Gasteiger partial charge is 0.222 e. The lowest BCUT2D eigenvalue weighted by atomic mass is 9.84. The van der Waals surface area contributed by atoms with Crippen LogP contribution in [0.4, 0.5) is 0 Å². The van der Waals surface area contributed by atoms with Crippen molar-refractivity contribution in [2.24, 2.45) is 5.92 Å². The zero-order valence-corrected chi connectivity index (χ0v) is 16.4. The summed E-state index contributed by atoms with van der Waals surface area (Å²) in [6.45, 7) is 5.00. The number of benzene rings is 1. The molecule has 1 amide bonds. The highest BCUT2D eigenvalue weighted by Crippen LogP contribution is 2.36. The minimum Gasteiger partial charge on any atom is -0.342 e. The number of aromatic nitrogens is 2. The van der Waals surface area contributed by atoms with E-state index < -0.39 is 0 Å². The fourth-order valence-corrected chi connectivity index (χ4v) is 4.46. The van der Waals surface area contributed by atoms with E-state index in [2.05, 4.69) is 28.5 Å². The predicted octanol–water partition coefficient (Wildman–Crippen LogP) is 4.33. The Labute approximate surface area is 162 Å². The van der Waals surface area contributed by atoms with E-state index in [9.17, 15) is 4.79 Å². The summed E-state index contributed by atoms with van der Waals surface area (Å²) < 4.78 is 2.44. The Morgan fingerprint density at radius 1 is 1.15 bits per heavy atom. The number of hydrogen-bond donors (Lipinski definition) is 0. The molecular weight excluding hydrogens is 334 g/mol. The first-order valence-electron chi connectivity index (χ1n) is 10.5. The zero-order chi connectivity index (χ0) is 18.6. The van der Waals surface area contributed by atoms with Crippen molar-refractivity contribution in [1.82, 2.24) is 14.5 Å². The van der Waals surface area contributed by atoms with Gasteiger partial charge in [0.05, 0.1) is 0 Å². The summed E-state index contributed by atoms with van der Waals surface area (Å²) in [6, 6.07) is 10.3. The summed E-state index contributed by atoms with van der Waals surface area (Å²) in [5.74, 6) is 2.80. The van der Waals surface area contributed by atoms with Crippen LogP contribution in [0, 0.1) is 12.8 Å². The van der Waals surface area contributed by atoms with Gasteiger partial charge in [-0.05, 0) is 50.5 Å². The first kappa shape index (κ1) is 18.3. The second kappa shape index (κ2) is 8.28. The summed E-state index contributed by atoms with van der Waals surface area (Å²) >= 11 is 0. The van der Waals surface area contributed by atoms with Gasteiger partial charge in [-0.1, -0.05) is 36.8 Å². The normalized spacial score (nSPS) is 20.5. The summed E-state index contributed by atoms with van der Waals surface area (Å²) in [6.07, 6.45) is 9.72. The molecule has 0 spiro atoms. The number of nitrogens with zero attached hydrogens (tertiary/aromatic N) is 3. The van der Waals surface area contributed by atoms with Crippen molar-refractivity contribution in [3.8, 4) is 0 Å². The quantitative estimate of drug-likeness (QED) is 0.764. The molecule has 27 heavy (non-hydrogen) atoms. The number of aryl methyl sites for hydroxylation is 2. The topological polar surface area (TPSA) is 38.1 Å². The second-order valence-electron chi connectivity index (χ2n) is 8.33. The van der Waals surface area contributed by atoms with Gasteiger partial charge in [-0.25, -0.2) is 4.98 Å². The molecule has 0 radical (unpaired) electrons. The summed E-state index contributed by atoms with van der Waals surface area (Å²) in [5.41, 5.74) is 2.52. The van der Waals surface area contributed by atoms with Crippen LogP contribution in [0.2, 0.25) is 0 Å². The molecule has 1 aliphatic carbocycles. The molecule has 4 heteroatoms. The Morgan fingerprint density at radius 3 is 2.70 bits per heavy atom. The average Bonchev–Trinajstić information content (AvgIpc) is 3.00. The lowest BCUT2D eigenvalue weighted by Crippen LogP contribution is -2.41.